The average molecular weight is 291 g/mol. The first-order valence-electron chi connectivity index (χ1n) is 5.81. The zero-order valence-electron chi connectivity index (χ0n) is 10.4. The number of aliphatic carboxylic acids is 1. The van der Waals surface area contributed by atoms with Gasteiger partial charge < -0.3 is 9.84 Å². The lowest BCUT2D eigenvalue weighted by Crippen LogP contribution is -2.10. The van der Waals surface area contributed by atoms with Gasteiger partial charge in [-0.05, 0) is 36.4 Å². The summed E-state index contributed by atoms with van der Waals surface area (Å²) >= 11 is 5.77. The highest BCUT2D eigenvalue weighted by molar-refractivity contribution is 6.30. The lowest BCUT2D eigenvalue weighted by molar-refractivity contribution is -0.139. The van der Waals surface area contributed by atoms with Crippen molar-refractivity contribution in [1.29, 1.82) is 0 Å². The average Bonchev–Trinajstić information content (AvgIpc) is 2.45. The zero-order chi connectivity index (χ0) is 14.5. The van der Waals surface area contributed by atoms with Crippen LogP contribution in [0.25, 0.3) is 0 Å². The molecule has 20 heavy (non-hydrogen) atoms. The number of halogens is 1. The summed E-state index contributed by atoms with van der Waals surface area (Å²) in [5.41, 5.74) is 0.931. The van der Waals surface area contributed by atoms with Gasteiger partial charge in [0.15, 0.2) is 12.4 Å². The molecule has 0 aromatic heterocycles. The second-order valence-electron chi connectivity index (χ2n) is 4.05. The van der Waals surface area contributed by atoms with Crippen LogP contribution >= 0.6 is 11.6 Å². The molecule has 0 aliphatic heterocycles. The molecular weight excluding hydrogens is 280 g/mol. The minimum absolute atomic E-state index is 0.178. The molecule has 2 aromatic carbocycles. The van der Waals surface area contributed by atoms with Crippen molar-refractivity contribution in [2.24, 2.45) is 0 Å². The van der Waals surface area contributed by atoms with E-state index in [4.69, 9.17) is 21.4 Å². The quantitative estimate of drug-likeness (QED) is 0.860. The standard InChI is InChI=1S/C15H11ClO4/c16-12-6-4-10(5-7-12)15(19)11-2-1-3-13(8-11)20-9-14(17)18/h1-8H,9H2,(H,17,18). The van der Waals surface area contributed by atoms with Gasteiger partial charge in [0.1, 0.15) is 5.75 Å². The molecule has 0 atom stereocenters. The maximum Gasteiger partial charge on any atom is 0.341 e. The number of ketones is 1. The number of carboxylic acids is 1. The Morgan fingerprint density at radius 3 is 2.40 bits per heavy atom. The van der Waals surface area contributed by atoms with Gasteiger partial charge in [-0.3, -0.25) is 4.79 Å². The van der Waals surface area contributed by atoms with Gasteiger partial charge >= 0.3 is 5.97 Å². The predicted octanol–water partition coefficient (Wildman–Crippen LogP) is 3.03. The summed E-state index contributed by atoms with van der Waals surface area (Å²) < 4.78 is 5.04. The summed E-state index contributed by atoms with van der Waals surface area (Å²) in [5.74, 6) is -0.908. The Hall–Kier alpha value is -2.33. The molecule has 0 bridgehead atoms. The normalized spacial score (nSPS) is 10.1. The number of carbonyl (C=O) groups is 2. The van der Waals surface area contributed by atoms with Crippen molar-refractivity contribution in [3.8, 4) is 5.75 Å². The fourth-order valence-corrected chi connectivity index (χ4v) is 1.77. The third-order valence-electron chi connectivity index (χ3n) is 2.56. The van der Waals surface area contributed by atoms with Gasteiger partial charge in [-0.1, -0.05) is 23.7 Å². The number of benzene rings is 2. The maximum atomic E-state index is 12.2. The second kappa shape index (κ2) is 6.21. The van der Waals surface area contributed by atoms with Gasteiger partial charge in [-0.2, -0.15) is 0 Å². The second-order valence-corrected chi connectivity index (χ2v) is 4.48. The van der Waals surface area contributed by atoms with E-state index in [0.29, 0.717) is 21.9 Å². The SMILES string of the molecule is O=C(O)COc1cccc(C(=O)c2ccc(Cl)cc2)c1. The number of rotatable bonds is 5. The van der Waals surface area contributed by atoms with E-state index in [1.54, 1.807) is 42.5 Å². The molecule has 102 valence electrons. The topological polar surface area (TPSA) is 63.6 Å². The van der Waals surface area contributed by atoms with Crippen molar-refractivity contribution in [3.05, 3.63) is 64.7 Å². The van der Waals surface area contributed by atoms with Gasteiger partial charge in [-0.15, -0.1) is 0 Å². The Morgan fingerprint density at radius 1 is 1.05 bits per heavy atom. The summed E-state index contributed by atoms with van der Waals surface area (Å²) in [6, 6.07) is 12.9. The Bertz CT molecular complexity index is 635. The molecule has 4 nitrogen and oxygen atoms in total. The predicted molar refractivity (Wildman–Crippen MR) is 74.5 cm³/mol. The van der Waals surface area contributed by atoms with Crippen LogP contribution in [-0.2, 0) is 4.79 Å². The van der Waals surface area contributed by atoms with E-state index in [9.17, 15) is 9.59 Å². The third-order valence-corrected chi connectivity index (χ3v) is 2.82. The fraction of sp³-hybridized carbons (Fsp3) is 0.0667. The Kier molecular flexibility index (Phi) is 4.38. The molecule has 2 rings (SSSR count). The minimum atomic E-state index is -1.07. The Labute approximate surface area is 120 Å². The van der Waals surface area contributed by atoms with E-state index in [1.807, 2.05) is 0 Å². The smallest absolute Gasteiger partial charge is 0.341 e. The van der Waals surface area contributed by atoms with Crippen molar-refractivity contribution in [2.45, 2.75) is 0 Å². The number of hydrogen-bond acceptors (Lipinski definition) is 3. The molecule has 0 heterocycles. The van der Waals surface area contributed by atoms with E-state index in [0.717, 1.165) is 0 Å². The summed E-state index contributed by atoms with van der Waals surface area (Å²) in [7, 11) is 0. The molecule has 0 saturated heterocycles. The van der Waals surface area contributed by atoms with Gasteiger partial charge in [0.2, 0.25) is 0 Å². The first kappa shape index (κ1) is 14.1. The van der Waals surface area contributed by atoms with E-state index in [2.05, 4.69) is 0 Å². The molecule has 5 heteroatoms. The van der Waals surface area contributed by atoms with E-state index >= 15 is 0 Å². The molecule has 0 unspecified atom stereocenters. The fourth-order valence-electron chi connectivity index (χ4n) is 1.64. The number of hydrogen-bond donors (Lipinski definition) is 1. The summed E-state index contributed by atoms with van der Waals surface area (Å²) in [6.07, 6.45) is 0. The van der Waals surface area contributed by atoms with Gasteiger partial charge in [0, 0.05) is 16.1 Å². The molecule has 1 N–H and O–H groups in total. The van der Waals surface area contributed by atoms with Gasteiger partial charge in [0.05, 0.1) is 0 Å². The van der Waals surface area contributed by atoms with Crippen molar-refractivity contribution in [2.75, 3.05) is 6.61 Å². The van der Waals surface area contributed by atoms with Crippen molar-refractivity contribution >= 4 is 23.4 Å². The number of carboxylic acid groups (broad SMARTS) is 1. The molecule has 0 radical (unpaired) electrons. The Morgan fingerprint density at radius 2 is 1.75 bits per heavy atom. The van der Waals surface area contributed by atoms with Gasteiger partial charge in [-0.25, -0.2) is 4.79 Å². The number of ether oxygens (including phenoxy) is 1. The minimum Gasteiger partial charge on any atom is -0.482 e. The highest BCUT2D eigenvalue weighted by Crippen LogP contribution is 2.18. The van der Waals surface area contributed by atoms with Crippen molar-refractivity contribution in [3.63, 3.8) is 0 Å². The molecule has 0 saturated carbocycles. The van der Waals surface area contributed by atoms with E-state index in [1.165, 1.54) is 6.07 Å². The summed E-state index contributed by atoms with van der Waals surface area (Å²) in [5, 5.41) is 9.11. The van der Waals surface area contributed by atoms with Crippen LogP contribution in [0.3, 0.4) is 0 Å². The van der Waals surface area contributed by atoms with Crippen LogP contribution in [0.1, 0.15) is 15.9 Å². The van der Waals surface area contributed by atoms with E-state index in [-0.39, 0.29) is 5.78 Å². The molecule has 0 amide bonds. The summed E-state index contributed by atoms with van der Waals surface area (Å²) in [4.78, 5) is 22.7. The molecule has 0 fully saturated rings. The first-order chi connectivity index (χ1) is 9.56. The van der Waals surface area contributed by atoms with Gasteiger partial charge in [0.25, 0.3) is 0 Å². The van der Waals surface area contributed by atoms with Crippen molar-refractivity contribution < 1.29 is 19.4 Å². The first-order valence-corrected chi connectivity index (χ1v) is 6.19. The van der Waals surface area contributed by atoms with Crippen LogP contribution in [-0.4, -0.2) is 23.5 Å². The van der Waals surface area contributed by atoms with E-state index < -0.39 is 12.6 Å². The van der Waals surface area contributed by atoms with Crippen LogP contribution < -0.4 is 4.74 Å². The third kappa shape index (κ3) is 3.59. The molecule has 0 aliphatic rings. The lowest BCUT2D eigenvalue weighted by atomic mass is 10.0. The molecular formula is C15H11ClO4. The molecule has 0 aliphatic carbocycles. The largest absolute Gasteiger partial charge is 0.482 e. The van der Waals surface area contributed by atoms with Crippen LogP contribution in [0.5, 0.6) is 5.75 Å². The highest BCUT2D eigenvalue weighted by Gasteiger charge is 2.10. The van der Waals surface area contributed by atoms with Crippen LogP contribution in [0.4, 0.5) is 0 Å². The maximum absolute atomic E-state index is 12.2. The Balaban J connectivity index is 2.19. The lowest BCUT2D eigenvalue weighted by Gasteiger charge is -2.06. The molecule has 0 spiro atoms. The van der Waals surface area contributed by atoms with Crippen molar-refractivity contribution in [1.82, 2.24) is 0 Å². The van der Waals surface area contributed by atoms with Crippen LogP contribution in [0.15, 0.2) is 48.5 Å². The monoisotopic (exact) mass is 290 g/mol. The highest BCUT2D eigenvalue weighted by atomic mass is 35.5. The summed E-state index contributed by atoms with van der Waals surface area (Å²) in [6.45, 7) is -0.446. The molecule has 2 aromatic rings. The van der Waals surface area contributed by atoms with Crippen LogP contribution in [0.2, 0.25) is 5.02 Å². The zero-order valence-corrected chi connectivity index (χ0v) is 11.1. The van der Waals surface area contributed by atoms with Crippen LogP contribution in [0, 0.1) is 0 Å². The number of carbonyl (C=O) groups excluding carboxylic acids is 1.